The molecule has 1 amide bonds. The predicted octanol–water partition coefficient (Wildman–Crippen LogP) is 5.13. The molecule has 0 aliphatic heterocycles. The maximum atomic E-state index is 12.6. The number of hydrogen-bond acceptors (Lipinski definition) is 5. The molecule has 0 aromatic heterocycles. The van der Waals surface area contributed by atoms with Crippen molar-refractivity contribution in [1.82, 2.24) is 0 Å². The molecule has 0 radical (unpaired) electrons. The fourth-order valence-electron chi connectivity index (χ4n) is 2.68. The zero-order valence-electron chi connectivity index (χ0n) is 16.7. The molecule has 3 aromatic rings. The number of hydrogen-bond donors (Lipinski definition) is 2. The maximum Gasteiger partial charge on any atom is 0.261 e. The fourth-order valence-corrected chi connectivity index (χ4v) is 4.96. The number of carbonyl (C=O) groups is 1. The summed E-state index contributed by atoms with van der Waals surface area (Å²) in [5.74, 6) is 1.51. The lowest BCUT2D eigenvalue weighted by atomic mass is 10.2. The van der Waals surface area contributed by atoms with Gasteiger partial charge in [-0.2, -0.15) is 0 Å². The Morgan fingerprint density at radius 3 is 2.32 bits per heavy atom. The fraction of sp³-hybridized carbons (Fsp3) is 0.136. The first-order chi connectivity index (χ1) is 14.9. The van der Waals surface area contributed by atoms with E-state index in [1.807, 2.05) is 24.3 Å². The van der Waals surface area contributed by atoms with Gasteiger partial charge in [-0.1, -0.05) is 28.1 Å². The van der Waals surface area contributed by atoms with E-state index in [0.29, 0.717) is 22.9 Å². The Kier molecular flexibility index (Phi) is 8.00. The van der Waals surface area contributed by atoms with Crippen LogP contribution in [0.5, 0.6) is 5.75 Å². The lowest BCUT2D eigenvalue weighted by molar-refractivity contribution is -0.113. The van der Waals surface area contributed by atoms with Crippen LogP contribution in [-0.4, -0.2) is 27.2 Å². The zero-order valence-corrected chi connectivity index (χ0v) is 19.9. The van der Waals surface area contributed by atoms with Gasteiger partial charge in [0.2, 0.25) is 5.91 Å². The second kappa shape index (κ2) is 10.7. The summed E-state index contributed by atoms with van der Waals surface area (Å²) in [4.78, 5) is 12.3. The van der Waals surface area contributed by atoms with Crippen LogP contribution in [0.25, 0.3) is 0 Å². The third-order valence-corrected chi connectivity index (χ3v) is 7.08. The van der Waals surface area contributed by atoms with Crippen LogP contribution in [0.15, 0.2) is 82.2 Å². The largest absolute Gasteiger partial charge is 0.497 e. The molecule has 0 unspecified atom stereocenters. The molecule has 162 valence electrons. The summed E-state index contributed by atoms with van der Waals surface area (Å²) in [7, 11) is -2.20. The molecule has 0 atom stereocenters. The Balaban J connectivity index is 1.53. The second-order valence-electron chi connectivity index (χ2n) is 6.53. The van der Waals surface area contributed by atoms with Crippen LogP contribution in [0.1, 0.15) is 5.56 Å². The SMILES string of the molecule is COc1ccc(NS(=O)(=O)c2ccc(NC(=O)CSCc3cccc(Br)c3)cc2)cc1. The highest BCUT2D eigenvalue weighted by atomic mass is 79.9. The van der Waals surface area contributed by atoms with E-state index in [2.05, 4.69) is 26.0 Å². The molecule has 3 rings (SSSR count). The minimum absolute atomic E-state index is 0.102. The van der Waals surface area contributed by atoms with Crippen molar-refractivity contribution in [2.75, 3.05) is 22.9 Å². The Bertz CT molecular complexity index is 1130. The van der Waals surface area contributed by atoms with Crippen LogP contribution in [0.2, 0.25) is 0 Å². The lowest BCUT2D eigenvalue weighted by Crippen LogP contribution is -2.15. The zero-order chi connectivity index (χ0) is 22.3. The molecule has 6 nitrogen and oxygen atoms in total. The summed E-state index contributed by atoms with van der Waals surface area (Å²) in [6, 6.07) is 20.6. The standard InChI is InChI=1S/C22H21BrN2O4S2/c1-29-20-9-5-19(6-10-20)25-31(27,28)21-11-7-18(8-12-21)24-22(26)15-30-14-16-3-2-4-17(23)13-16/h2-13,25H,14-15H2,1H3,(H,24,26). The summed E-state index contributed by atoms with van der Waals surface area (Å²) in [5, 5.41) is 2.78. The number of halogens is 1. The van der Waals surface area contributed by atoms with Gasteiger partial charge in [-0.15, -0.1) is 11.8 Å². The number of nitrogens with one attached hydrogen (secondary N) is 2. The number of ether oxygens (including phenoxy) is 1. The smallest absolute Gasteiger partial charge is 0.261 e. The molecule has 3 aromatic carbocycles. The lowest BCUT2D eigenvalue weighted by Gasteiger charge is -2.10. The first-order valence-corrected chi connectivity index (χ1v) is 12.7. The Labute approximate surface area is 194 Å². The predicted molar refractivity (Wildman–Crippen MR) is 129 cm³/mol. The van der Waals surface area contributed by atoms with Crippen molar-refractivity contribution in [1.29, 1.82) is 0 Å². The molecule has 0 spiro atoms. The Morgan fingerprint density at radius 2 is 1.68 bits per heavy atom. The summed E-state index contributed by atoms with van der Waals surface area (Å²) in [6.07, 6.45) is 0. The molecule has 0 heterocycles. The van der Waals surface area contributed by atoms with Crippen LogP contribution in [0.4, 0.5) is 11.4 Å². The quantitative estimate of drug-likeness (QED) is 0.408. The summed E-state index contributed by atoms with van der Waals surface area (Å²) in [5.41, 5.74) is 2.10. The van der Waals surface area contributed by atoms with Crippen molar-refractivity contribution in [3.05, 3.63) is 82.8 Å². The van der Waals surface area contributed by atoms with Gasteiger partial charge in [-0.3, -0.25) is 9.52 Å². The highest BCUT2D eigenvalue weighted by molar-refractivity contribution is 9.10. The topological polar surface area (TPSA) is 84.5 Å². The van der Waals surface area contributed by atoms with Crippen LogP contribution < -0.4 is 14.8 Å². The van der Waals surface area contributed by atoms with E-state index < -0.39 is 10.0 Å². The number of carbonyl (C=O) groups excluding carboxylic acids is 1. The minimum atomic E-state index is -3.74. The van der Waals surface area contributed by atoms with E-state index in [-0.39, 0.29) is 10.8 Å². The number of anilines is 2. The summed E-state index contributed by atoms with van der Waals surface area (Å²) < 4.78 is 33.7. The number of benzene rings is 3. The minimum Gasteiger partial charge on any atom is -0.497 e. The van der Waals surface area contributed by atoms with Crippen molar-refractivity contribution >= 4 is 55.0 Å². The first kappa shape index (κ1) is 23.2. The highest BCUT2D eigenvalue weighted by Crippen LogP contribution is 2.21. The van der Waals surface area contributed by atoms with Gasteiger partial charge < -0.3 is 10.1 Å². The van der Waals surface area contributed by atoms with Gasteiger partial charge in [-0.05, 0) is 66.2 Å². The van der Waals surface area contributed by atoms with Crippen molar-refractivity contribution in [3.63, 3.8) is 0 Å². The van der Waals surface area contributed by atoms with Crippen molar-refractivity contribution in [3.8, 4) is 5.75 Å². The maximum absolute atomic E-state index is 12.6. The first-order valence-electron chi connectivity index (χ1n) is 9.25. The van der Waals surface area contributed by atoms with Crippen LogP contribution in [-0.2, 0) is 20.6 Å². The van der Waals surface area contributed by atoms with Crippen molar-refractivity contribution in [2.45, 2.75) is 10.6 Å². The van der Waals surface area contributed by atoms with Crippen LogP contribution >= 0.6 is 27.7 Å². The molecule has 0 saturated heterocycles. The molecule has 0 aliphatic carbocycles. The Hall–Kier alpha value is -2.49. The molecule has 9 heteroatoms. The molecule has 0 fully saturated rings. The van der Waals surface area contributed by atoms with Gasteiger partial charge in [0.1, 0.15) is 5.75 Å². The number of methoxy groups -OCH3 is 1. The molecular weight excluding hydrogens is 500 g/mol. The number of amides is 1. The molecule has 31 heavy (non-hydrogen) atoms. The van der Waals surface area contributed by atoms with Crippen molar-refractivity contribution < 1.29 is 17.9 Å². The van der Waals surface area contributed by atoms with Gasteiger partial charge in [-0.25, -0.2) is 8.42 Å². The van der Waals surface area contributed by atoms with E-state index in [4.69, 9.17) is 4.74 Å². The van der Waals surface area contributed by atoms with E-state index in [1.165, 1.54) is 23.9 Å². The second-order valence-corrected chi connectivity index (χ2v) is 10.1. The average molecular weight is 521 g/mol. The number of rotatable bonds is 9. The molecule has 0 aliphatic rings. The third kappa shape index (κ3) is 7.02. The molecule has 0 bridgehead atoms. The van der Waals surface area contributed by atoms with Gasteiger partial charge in [0, 0.05) is 21.6 Å². The molecule has 0 saturated carbocycles. The van der Waals surface area contributed by atoms with E-state index in [9.17, 15) is 13.2 Å². The van der Waals surface area contributed by atoms with Crippen LogP contribution in [0, 0.1) is 0 Å². The van der Waals surface area contributed by atoms with Gasteiger partial charge >= 0.3 is 0 Å². The van der Waals surface area contributed by atoms with Gasteiger partial charge in [0.15, 0.2) is 0 Å². The third-order valence-electron chi connectivity index (χ3n) is 4.18. The molecule has 2 N–H and O–H groups in total. The number of sulfonamides is 1. The van der Waals surface area contributed by atoms with E-state index in [1.54, 1.807) is 43.5 Å². The van der Waals surface area contributed by atoms with Gasteiger partial charge in [0.05, 0.1) is 17.8 Å². The van der Waals surface area contributed by atoms with E-state index in [0.717, 1.165) is 15.8 Å². The highest BCUT2D eigenvalue weighted by Gasteiger charge is 2.14. The summed E-state index contributed by atoms with van der Waals surface area (Å²) in [6.45, 7) is 0. The summed E-state index contributed by atoms with van der Waals surface area (Å²) >= 11 is 4.94. The van der Waals surface area contributed by atoms with Gasteiger partial charge in [0.25, 0.3) is 10.0 Å². The normalized spacial score (nSPS) is 11.0. The van der Waals surface area contributed by atoms with E-state index >= 15 is 0 Å². The Morgan fingerprint density at radius 1 is 1.00 bits per heavy atom. The van der Waals surface area contributed by atoms with Crippen LogP contribution in [0.3, 0.4) is 0 Å². The van der Waals surface area contributed by atoms with Crippen molar-refractivity contribution in [2.24, 2.45) is 0 Å². The average Bonchev–Trinajstić information content (AvgIpc) is 2.74. The monoisotopic (exact) mass is 520 g/mol. The molecular formula is C22H21BrN2O4S2. The number of thioether (sulfide) groups is 1.